The largest absolute Gasteiger partial charge is 0.480 e. The van der Waals surface area contributed by atoms with E-state index < -0.39 is 23.5 Å². The van der Waals surface area contributed by atoms with Gasteiger partial charge in [-0.2, -0.15) is 0 Å². The second kappa shape index (κ2) is 3.10. The predicted octanol–water partition coefficient (Wildman–Crippen LogP) is -0.135. The van der Waals surface area contributed by atoms with Gasteiger partial charge in [0.05, 0.1) is 0 Å². The lowest BCUT2D eigenvalue weighted by atomic mass is 10.0. The molecule has 10 heavy (non-hydrogen) atoms. The number of Topliss-reactive ketones (excluding diaryl/α,β-unsaturated/α-hetero) is 2. The quantitative estimate of drug-likeness (QED) is 0.560. The fourth-order valence-electron chi connectivity index (χ4n) is 0.634. The summed E-state index contributed by atoms with van der Waals surface area (Å²) in [5.74, 6) is -4.10. The molecule has 0 aromatic heterocycles. The van der Waals surface area contributed by atoms with Crippen LogP contribution < -0.4 is 0 Å². The third kappa shape index (κ3) is 1.97. The number of hydrogen-bond acceptors (Lipinski definition) is 3. The molecule has 0 bridgehead atoms. The minimum atomic E-state index is -1.47. The van der Waals surface area contributed by atoms with E-state index in [4.69, 9.17) is 5.11 Å². The highest BCUT2D eigenvalue weighted by atomic mass is 16.4. The highest BCUT2D eigenvalue weighted by Crippen LogP contribution is 1.99. The second-order valence-corrected chi connectivity index (χ2v) is 1.99. The van der Waals surface area contributed by atoms with Crippen molar-refractivity contribution >= 4 is 17.5 Å². The topological polar surface area (TPSA) is 71.4 Å². The summed E-state index contributed by atoms with van der Waals surface area (Å²) in [7, 11) is 0. The Labute approximate surface area is 57.8 Å². The molecule has 0 aliphatic heterocycles. The van der Waals surface area contributed by atoms with Crippen LogP contribution >= 0.6 is 0 Å². The van der Waals surface area contributed by atoms with Crippen molar-refractivity contribution in [2.75, 3.05) is 0 Å². The smallest absolute Gasteiger partial charge is 0.321 e. The van der Waals surface area contributed by atoms with Gasteiger partial charge in [-0.25, -0.2) is 0 Å². The van der Waals surface area contributed by atoms with E-state index in [9.17, 15) is 14.4 Å². The molecular weight excluding hydrogens is 136 g/mol. The van der Waals surface area contributed by atoms with Gasteiger partial charge in [-0.3, -0.25) is 14.4 Å². The molecule has 0 aromatic rings. The molecule has 4 nitrogen and oxygen atoms in total. The van der Waals surface area contributed by atoms with Gasteiger partial charge in [-0.1, -0.05) is 0 Å². The summed E-state index contributed by atoms with van der Waals surface area (Å²) >= 11 is 0. The number of carboxylic acids is 1. The van der Waals surface area contributed by atoms with E-state index in [2.05, 4.69) is 0 Å². The van der Waals surface area contributed by atoms with Crippen LogP contribution in [0.3, 0.4) is 0 Å². The predicted molar refractivity (Wildman–Crippen MR) is 32.5 cm³/mol. The molecule has 0 atom stereocenters. The number of aliphatic carboxylic acids is 1. The lowest BCUT2D eigenvalue weighted by molar-refractivity contribution is -0.149. The van der Waals surface area contributed by atoms with Gasteiger partial charge < -0.3 is 5.11 Å². The number of carbonyl (C=O) groups is 3. The zero-order chi connectivity index (χ0) is 8.31. The summed E-state index contributed by atoms with van der Waals surface area (Å²) in [5.41, 5.74) is 0. The molecule has 0 unspecified atom stereocenters. The standard InChI is InChI=1S/C6H8O4/c1-3(7)5(4(2)8)6(9)10/h5H,1-2H3,(H,9,10). The Morgan fingerprint density at radius 1 is 1.10 bits per heavy atom. The van der Waals surface area contributed by atoms with E-state index in [0.717, 1.165) is 13.8 Å². The Kier molecular flexibility index (Phi) is 2.73. The molecule has 0 fully saturated rings. The van der Waals surface area contributed by atoms with Crippen molar-refractivity contribution in [3.05, 3.63) is 0 Å². The van der Waals surface area contributed by atoms with Crippen LogP contribution in [0.25, 0.3) is 0 Å². The second-order valence-electron chi connectivity index (χ2n) is 1.99. The first-order chi connectivity index (χ1) is 4.46. The molecule has 0 amide bonds. The van der Waals surface area contributed by atoms with E-state index in [1.54, 1.807) is 0 Å². The average Bonchev–Trinajstić information content (AvgIpc) is 1.59. The normalized spacial score (nSPS) is 9.50. The lowest BCUT2D eigenvalue weighted by Crippen LogP contribution is -2.27. The molecule has 56 valence electrons. The summed E-state index contributed by atoms with van der Waals surface area (Å²) < 4.78 is 0. The van der Waals surface area contributed by atoms with Crippen LogP contribution in [0.2, 0.25) is 0 Å². The summed E-state index contributed by atoms with van der Waals surface area (Å²) in [6.07, 6.45) is 0. The Morgan fingerprint density at radius 2 is 1.40 bits per heavy atom. The third-order valence-corrected chi connectivity index (χ3v) is 1.06. The Bertz CT molecular complexity index is 149. The molecular formula is C6H8O4. The summed E-state index contributed by atoms with van der Waals surface area (Å²) in [6.45, 7) is 2.17. The van der Waals surface area contributed by atoms with Gasteiger partial charge in [0.2, 0.25) is 0 Å². The molecule has 0 radical (unpaired) electrons. The summed E-state index contributed by atoms with van der Waals surface area (Å²) in [5, 5.41) is 8.27. The van der Waals surface area contributed by atoms with Gasteiger partial charge in [0.25, 0.3) is 0 Å². The Hall–Kier alpha value is -1.19. The highest BCUT2D eigenvalue weighted by Gasteiger charge is 2.26. The van der Waals surface area contributed by atoms with Crippen LogP contribution in [0, 0.1) is 5.92 Å². The zero-order valence-electron chi connectivity index (χ0n) is 5.75. The Balaban J connectivity index is 4.43. The SMILES string of the molecule is CC(=O)C(C(C)=O)C(=O)O. The fraction of sp³-hybridized carbons (Fsp3) is 0.500. The maximum atomic E-state index is 10.4. The van der Waals surface area contributed by atoms with Crippen molar-refractivity contribution in [3.8, 4) is 0 Å². The van der Waals surface area contributed by atoms with Crippen LogP contribution in [-0.2, 0) is 14.4 Å². The minimum absolute atomic E-state index is 0.625. The van der Waals surface area contributed by atoms with E-state index >= 15 is 0 Å². The van der Waals surface area contributed by atoms with Crippen LogP contribution in [0.5, 0.6) is 0 Å². The van der Waals surface area contributed by atoms with Crippen LogP contribution in [0.4, 0.5) is 0 Å². The Morgan fingerprint density at radius 3 is 1.40 bits per heavy atom. The molecule has 0 rings (SSSR count). The van der Waals surface area contributed by atoms with Crippen molar-refractivity contribution in [3.63, 3.8) is 0 Å². The van der Waals surface area contributed by atoms with E-state index in [-0.39, 0.29) is 0 Å². The molecule has 4 heteroatoms. The molecule has 0 aromatic carbocycles. The minimum Gasteiger partial charge on any atom is -0.480 e. The van der Waals surface area contributed by atoms with E-state index in [0.29, 0.717) is 0 Å². The lowest BCUT2D eigenvalue weighted by Gasteiger charge is -2.01. The third-order valence-electron chi connectivity index (χ3n) is 1.06. The van der Waals surface area contributed by atoms with Crippen molar-refractivity contribution in [1.29, 1.82) is 0 Å². The maximum Gasteiger partial charge on any atom is 0.321 e. The van der Waals surface area contributed by atoms with E-state index in [1.165, 1.54) is 0 Å². The maximum absolute atomic E-state index is 10.4. The van der Waals surface area contributed by atoms with Crippen LogP contribution in [-0.4, -0.2) is 22.6 Å². The van der Waals surface area contributed by atoms with Crippen molar-refractivity contribution in [1.82, 2.24) is 0 Å². The van der Waals surface area contributed by atoms with Gasteiger partial charge in [-0.05, 0) is 13.8 Å². The first kappa shape index (κ1) is 8.81. The van der Waals surface area contributed by atoms with Gasteiger partial charge >= 0.3 is 5.97 Å². The summed E-state index contributed by atoms with van der Waals surface area (Å²) in [6, 6.07) is 0. The molecule has 0 spiro atoms. The fourth-order valence-corrected chi connectivity index (χ4v) is 0.634. The monoisotopic (exact) mass is 144 g/mol. The van der Waals surface area contributed by atoms with Crippen molar-refractivity contribution < 1.29 is 19.5 Å². The number of carboxylic acid groups (broad SMARTS) is 1. The van der Waals surface area contributed by atoms with Gasteiger partial charge in [0.15, 0.2) is 17.5 Å². The molecule has 0 saturated heterocycles. The average molecular weight is 144 g/mol. The summed E-state index contributed by atoms with van der Waals surface area (Å²) in [4.78, 5) is 31.0. The molecule has 0 aliphatic rings. The van der Waals surface area contributed by atoms with Crippen LogP contribution in [0.1, 0.15) is 13.8 Å². The molecule has 0 aliphatic carbocycles. The molecule has 0 heterocycles. The zero-order valence-corrected chi connectivity index (χ0v) is 5.75. The number of hydrogen-bond donors (Lipinski definition) is 1. The number of ketones is 2. The highest BCUT2D eigenvalue weighted by molar-refractivity contribution is 6.15. The van der Waals surface area contributed by atoms with Gasteiger partial charge in [0, 0.05) is 0 Å². The van der Waals surface area contributed by atoms with Crippen molar-refractivity contribution in [2.24, 2.45) is 5.92 Å². The van der Waals surface area contributed by atoms with E-state index in [1.807, 2.05) is 0 Å². The number of carbonyl (C=O) groups excluding carboxylic acids is 2. The first-order valence-corrected chi connectivity index (χ1v) is 2.70. The first-order valence-electron chi connectivity index (χ1n) is 2.70. The van der Waals surface area contributed by atoms with Gasteiger partial charge in [0.1, 0.15) is 0 Å². The van der Waals surface area contributed by atoms with Gasteiger partial charge in [-0.15, -0.1) is 0 Å². The van der Waals surface area contributed by atoms with Crippen LogP contribution in [0.15, 0.2) is 0 Å². The molecule has 0 saturated carbocycles. The van der Waals surface area contributed by atoms with Crippen molar-refractivity contribution in [2.45, 2.75) is 13.8 Å². The number of rotatable bonds is 3. The molecule has 1 N–H and O–H groups in total.